The number of aromatic nitrogens is 4. The number of fused-ring (bicyclic) bond motifs is 2. The van der Waals surface area contributed by atoms with Crippen LogP contribution >= 0.6 is 0 Å². The third-order valence-corrected chi connectivity index (χ3v) is 12.6. The Bertz CT molecular complexity index is 1950. The van der Waals surface area contributed by atoms with Gasteiger partial charge in [-0.1, -0.05) is 83.1 Å². The molecule has 56 heavy (non-hydrogen) atoms. The van der Waals surface area contributed by atoms with Crippen LogP contribution < -0.4 is 5.32 Å². The molecule has 4 heterocycles. The molecule has 12 nitrogen and oxygen atoms in total. The predicted molar refractivity (Wildman–Crippen MR) is 212 cm³/mol. The van der Waals surface area contributed by atoms with Gasteiger partial charge in [-0.05, 0) is 71.6 Å². The molecular weight excluding hydrogens is 707 g/mol. The van der Waals surface area contributed by atoms with Gasteiger partial charge in [0.25, 0.3) is 0 Å². The normalized spacial score (nSPS) is 24.5. The van der Waals surface area contributed by atoms with E-state index in [-0.39, 0.29) is 59.5 Å². The molecule has 2 aliphatic carbocycles. The third kappa shape index (κ3) is 7.14. The van der Waals surface area contributed by atoms with Gasteiger partial charge in [0.15, 0.2) is 0 Å². The Balaban J connectivity index is 0.931. The second-order valence-electron chi connectivity index (χ2n) is 16.9. The van der Waals surface area contributed by atoms with Crippen LogP contribution in [0.4, 0.5) is 4.79 Å². The molecule has 0 spiro atoms. The molecule has 294 valence electrons. The molecule has 2 saturated heterocycles. The molecular formula is C44H53N7O5. The first-order chi connectivity index (χ1) is 26.9. The van der Waals surface area contributed by atoms with Gasteiger partial charge < -0.3 is 29.8 Å². The molecule has 2 aromatic heterocycles. The number of ketones is 1. The average Bonchev–Trinajstić information content (AvgIpc) is 3.79. The minimum absolute atomic E-state index is 0.0907. The van der Waals surface area contributed by atoms with Crippen molar-refractivity contribution in [3.8, 4) is 33.6 Å². The van der Waals surface area contributed by atoms with Crippen molar-refractivity contribution >= 4 is 23.7 Å². The molecule has 8 rings (SSSR count). The molecule has 4 aliphatic rings. The number of methoxy groups -OCH3 is 1. The number of piperidine rings is 2. The fourth-order valence-corrected chi connectivity index (χ4v) is 9.07. The highest BCUT2D eigenvalue weighted by atomic mass is 16.5. The van der Waals surface area contributed by atoms with Crippen LogP contribution in [0.25, 0.3) is 33.6 Å². The van der Waals surface area contributed by atoms with E-state index in [9.17, 15) is 19.2 Å². The summed E-state index contributed by atoms with van der Waals surface area (Å²) in [5, 5.41) is 2.74. The summed E-state index contributed by atoms with van der Waals surface area (Å²) >= 11 is 0. The van der Waals surface area contributed by atoms with E-state index in [1.807, 2.05) is 56.8 Å². The first-order valence-electron chi connectivity index (χ1n) is 20.3. The lowest BCUT2D eigenvalue weighted by atomic mass is 9.88. The number of amides is 3. The third-order valence-electron chi connectivity index (χ3n) is 12.6. The van der Waals surface area contributed by atoms with Crippen LogP contribution in [-0.4, -0.2) is 78.7 Å². The number of rotatable bonds is 13. The Morgan fingerprint density at radius 1 is 0.714 bits per heavy atom. The van der Waals surface area contributed by atoms with E-state index in [1.54, 1.807) is 0 Å². The summed E-state index contributed by atoms with van der Waals surface area (Å²) < 4.78 is 4.80. The molecule has 12 heteroatoms. The van der Waals surface area contributed by atoms with Crippen LogP contribution in [0.1, 0.15) is 96.9 Å². The number of imidazole rings is 2. The summed E-state index contributed by atoms with van der Waals surface area (Å²) in [6, 6.07) is 16.2. The summed E-state index contributed by atoms with van der Waals surface area (Å²) in [4.78, 5) is 72.6. The van der Waals surface area contributed by atoms with Gasteiger partial charge in [0.1, 0.15) is 23.5 Å². The number of H-pyrrole nitrogens is 2. The Morgan fingerprint density at radius 3 is 1.61 bits per heavy atom. The van der Waals surface area contributed by atoms with Crippen molar-refractivity contribution < 1.29 is 23.9 Å². The summed E-state index contributed by atoms with van der Waals surface area (Å²) in [6.45, 7) is 9.78. The van der Waals surface area contributed by atoms with E-state index in [0.29, 0.717) is 24.7 Å². The van der Waals surface area contributed by atoms with Gasteiger partial charge in [-0.15, -0.1) is 0 Å². The van der Waals surface area contributed by atoms with E-state index in [1.165, 1.54) is 7.11 Å². The van der Waals surface area contributed by atoms with E-state index in [4.69, 9.17) is 14.7 Å². The molecule has 4 fully saturated rings. The van der Waals surface area contributed by atoms with Gasteiger partial charge in [0.2, 0.25) is 11.8 Å². The number of aromatic amines is 2. The van der Waals surface area contributed by atoms with E-state index >= 15 is 0 Å². The standard InChI is InChI=1S/C44H53N7O5/c1-7-31(52)20-32(23(2)3)42(53)50-35-16-29(35)18-37(50)40-45-21-33(47-40)27-12-8-25(9-13-27)26-10-14-28(15-11-26)34-22-46-41(48-34)38-19-30-17-36(30)51(38)43(54)39(24(4)5)49-44(55)56-6/h8-15,21-24,29-30,32,35-39H,7,16-20H2,1-6H3,(H,45,47)(H,46,48)(H,49,55)/t29-,30-,32-,35-,36-,37?,38?,39-/m0/s1. The molecule has 2 aliphatic heterocycles. The monoisotopic (exact) mass is 759 g/mol. The number of hydrogen-bond acceptors (Lipinski definition) is 7. The van der Waals surface area contributed by atoms with Gasteiger partial charge >= 0.3 is 6.09 Å². The summed E-state index contributed by atoms with van der Waals surface area (Å²) in [6.07, 6.45) is 7.61. The summed E-state index contributed by atoms with van der Waals surface area (Å²) in [5.41, 5.74) is 5.96. The molecule has 8 atom stereocenters. The number of likely N-dealkylation sites (tertiary alicyclic amines) is 2. The topological polar surface area (TPSA) is 153 Å². The smallest absolute Gasteiger partial charge is 0.407 e. The molecule has 3 N–H and O–H groups in total. The summed E-state index contributed by atoms with van der Waals surface area (Å²) in [5.74, 6) is 2.36. The molecule has 0 radical (unpaired) electrons. The van der Waals surface area contributed by atoms with Crippen LogP contribution in [0.5, 0.6) is 0 Å². The minimum Gasteiger partial charge on any atom is -0.453 e. The SMILES string of the molecule is CCC(=O)C[C@H](C(=O)N1C(c2ncc(-c3ccc(-c4ccc(-c5cnc(C6C[C@@H]7C[C@@H]7N6C(=O)[C@@H](NC(=O)OC)C(C)C)[nH]5)cc4)cc3)[nH]2)C[C@@H]2C[C@@H]21)C(C)C. The lowest BCUT2D eigenvalue weighted by Gasteiger charge is -2.31. The van der Waals surface area contributed by atoms with Gasteiger partial charge in [-0.3, -0.25) is 14.4 Å². The number of benzene rings is 2. The number of nitrogens with one attached hydrogen (secondary N) is 3. The quantitative estimate of drug-likeness (QED) is 0.128. The van der Waals surface area contributed by atoms with Gasteiger partial charge in [-0.2, -0.15) is 0 Å². The fraction of sp³-hybridized carbons (Fsp3) is 0.500. The highest BCUT2D eigenvalue weighted by molar-refractivity contribution is 5.88. The number of ether oxygens (including phenoxy) is 1. The van der Waals surface area contributed by atoms with E-state index in [0.717, 1.165) is 71.0 Å². The molecule has 3 amide bonds. The molecule has 2 unspecified atom stereocenters. The fourth-order valence-electron chi connectivity index (χ4n) is 9.07. The van der Waals surface area contributed by atoms with Gasteiger partial charge in [-0.25, -0.2) is 14.8 Å². The summed E-state index contributed by atoms with van der Waals surface area (Å²) in [7, 11) is 1.30. The number of carbonyl (C=O) groups is 4. The zero-order valence-corrected chi connectivity index (χ0v) is 33.1. The highest BCUT2D eigenvalue weighted by Crippen LogP contribution is 2.55. The van der Waals surface area contributed by atoms with Crippen molar-refractivity contribution in [2.24, 2.45) is 29.6 Å². The molecule has 0 bridgehead atoms. The van der Waals surface area contributed by atoms with E-state index < -0.39 is 12.1 Å². The maximum absolute atomic E-state index is 13.9. The Hall–Kier alpha value is -5.26. The average molecular weight is 760 g/mol. The maximum Gasteiger partial charge on any atom is 0.407 e. The zero-order valence-electron chi connectivity index (χ0n) is 33.1. The highest BCUT2D eigenvalue weighted by Gasteiger charge is 2.57. The molecule has 2 saturated carbocycles. The Kier molecular flexibility index (Phi) is 10.1. The first-order valence-corrected chi connectivity index (χ1v) is 20.3. The number of alkyl carbamates (subject to hydrolysis) is 1. The lowest BCUT2D eigenvalue weighted by molar-refractivity contribution is -0.141. The van der Waals surface area contributed by atoms with Crippen molar-refractivity contribution in [1.29, 1.82) is 0 Å². The Labute approximate surface area is 328 Å². The van der Waals surface area contributed by atoms with Gasteiger partial charge in [0.05, 0.1) is 43.0 Å². The van der Waals surface area contributed by atoms with Crippen LogP contribution in [0, 0.1) is 29.6 Å². The number of carbonyl (C=O) groups excluding carboxylic acids is 4. The largest absolute Gasteiger partial charge is 0.453 e. The number of Topliss-reactive ketones (excluding diaryl/α,β-unsaturated/α-hetero) is 1. The minimum atomic E-state index is -0.671. The van der Waals surface area contributed by atoms with Crippen molar-refractivity contribution in [3.05, 3.63) is 72.6 Å². The van der Waals surface area contributed by atoms with Gasteiger partial charge in [0, 0.05) is 30.8 Å². The first kappa shape index (κ1) is 37.7. The number of nitrogens with zero attached hydrogens (tertiary/aromatic N) is 4. The van der Waals surface area contributed by atoms with Crippen molar-refractivity contribution in [2.75, 3.05) is 7.11 Å². The second-order valence-corrected chi connectivity index (χ2v) is 16.9. The number of hydrogen-bond donors (Lipinski definition) is 3. The van der Waals surface area contributed by atoms with Crippen molar-refractivity contribution in [3.63, 3.8) is 0 Å². The maximum atomic E-state index is 13.9. The lowest BCUT2D eigenvalue weighted by Crippen LogP contribution is -2.52. The van der Waals surface area contributed by atoms with Crippen LogP contribution in [0.3, 0.4) is 0 Å². The van der Waals surface area contributed by atoms with Crippen molar-refractivity contribution in [1.82, 2.24) is 35.1 Å². The van der Waals surface area contributed by atoms with Crippen molar-refractivity contribution in [2.45, 2.75) is 103 Å². The van der Waals surface area contributed by atoms with Crippen LogP contribution in [0.2, 0.25) is 0 Å². The molecule has 4 aromatic rings. The zero-order chi connectivity index (χ0) is 39.4. The molecule has 2 aromatic carbocycles. The predicted octanol–water partition coefficient (Wildman–Crippen LogP) is 7.48. The Morgan fingerprint density at radius 2 is 1.18 bits per heavy atom. The van der Waals surface area contributed by atoms with E-state index in [2.05, 4.69) is 63.8 Å². The van der Waals surface area contributed by atoms with Crippen LogP contribution in [-0.2, 0) is 19.1 Å². The second kappa shape index (κ2) is 15.0. The van der Waals surface area contributed by atoms with Crippen LogP contribution in [0.15, 0.2) is 60.9 Å².